The second-order valence-electron chi connectivity index (χ2n) is 8.50. The van der Waals surface area contributed by atoms with Crippen molar-refractivity contribution in [3.8, 4) is 0 Å². The summed E-state index contributed by atoms with van der Waals surface area (Å²) in [6, 6.07) is 14.2. The maximum atomic E-state index is 13.4. The van der Waals surface area contributed by atoms with Crippen molar-refractivity contribution in [2.24, 2.45) is 17.1 Å². The van der Waals surface area contributed by atoms with Gasteiger partial charge in [-0.25, -0.2) is 4.39 Å². The number of benzene rings is 2. The van der Waals surface area contributed by atoms with E-state index in [1.54, 1.807) is 24.4 Å². The largest absolute Gasteiger partial charge is 0.377 e. The lowest BCUT2D eigenvalue weighted by atomic mass is 9.61. The maximum absolute atomic E-state index is 13.4. The second-order valence-corrected chi connectivity index (χ2v) is 8.50. The molecule has 1 amide bonds. The van der Waals surface area contributed by atoms with Crippen molar-refractivity contribution in [2.45, 2.75) is 32.7 Å². The fourth-order valence-corrected chi connectivity index (χ4v) is 4.28. The lowest BCUT2D eigenvalue weighted by Crippen LogP contribution is -2.38. The number of hydrogen-bond donors (Lipinski definition) is 2. The number of hydrogen-bond acceptors (Lipinski definition) is 3. The van der Waals surface area contributed by atoms with Crippen LogP contribution < -0.4 is 11.1 Å². The summed E-state index contributed by atoms with van der Waals surface area (Å²) >= 11 is 0. The number of fused-ring (bicyclic) bond motifs is 1. The fourth-order valence-electron chi connectivity index (χ4n) is 4.28. The third kappa shape index (κ3) is 3.70. The normalized spacial score (nSPS) is 17.1. The minimum atomic E-state index is -0.424. The van der Waals surface area contributed by atoms with E-state index in [-0.39, 0.29) is 11.9 Å². The van der Waals surface area contributed by atoms with E-state index in [1.807, 2.05) is 18.2 Å². The van der Waals surface area contributed by atoms with Crippen LogP contribution in [-0.2, 0) is 0 Å². The number of pyridine rings is 1. The highest BCUT2D eigenvalue weighted by atomic mass is 19.1. The van der Waals surface area contributed by atoms with Crippen LogP contribution in [0.25, 0.3) is 10.9 Å². The predicted octanol–water partition coefficient (Wildman–Crippen LogP) is 5.06. The first-order valence-electron chi connectivity index (χ1n) is 9.52. The molecule has 1 atom stereocenters. The number of nitrogens with two attached hydrogens (primary N) is 1. The molecule has 2 aromatic carbocycles. The lowest BCUT2D eigenvalue weighted by molar-refractivity contribution is 0.0812. The highest BCUT2D eigenvalue weighted by Crippen LogP contribution is 2.51. The number of anilines is 1. The molecule has 1 aliphatic rings. The van der Waals surface area contributed by atoms with Crippen molar-refractivity contribution in [2.75, 3.05) is 5.32 Å². The SMILES string of the molecule is CC1(C)CC(C(Nc2cnc3cc(F)ccc3c2)c2ccc(C(N)=O)cc2)C1. The van der Waals surface area contributed by atoms with E-state index in [4.69, 9.17) is 5.73 Å². The van der Waals surface area contributed by atoms with E-state index in [1.165, 1.54) is 12.1 Å². The molecular weight excluding hydrogens is 353 g/mol. The van der Waals surface area contributed by atoms with Crippen LogP contribution in [0.3, 0.4) is 0 Å². The Morgan fingerprint density at radius 1 is 1.18 bits per heavy atom. The van der Waals surface area contributed by atoms with Gasteiger partial charge in [-0.1, -0.05) is 26.0 Å². The van der Waals surface area contributed by atoms with Gasteiger partial charge in [0, 0.05) is 17.0 Å². The minimum absolute atomic E-state index is 0.106. The summed E-state index contributed by atoms with van der Waals surface area (Å²) in [5.41, 5.74) is 8.87. The molecule has 4 nitrogen and oxygen atoms in total. The molecule has 0 radical (unpaired) electrons. The lowest BCUT2D eigenvalue weighted by Gasteiger charge is -2.47. The number of primary amides is 1. The number of amides is 1. The van der Waals surface area contributed by atoms with E-state index < -0.39 is 5.91 Å². The van der Waals surface area contributed by atoms with Crippen molar-refractivity contribution >= 4 is 22.5 Å². The summed E-state index contributed by atoms with van der Waals surface area (Å²) < 4.78 is 13.4. The zero-order chi connectivity index (χ0) is 19.9. The molecule has 3 N–H and O–H groups in total. The Balaban J connectivity index is 1.64. The zero-order valence-electron chi connectivity index (χ0n) is 16.1. The molecule has 1 fully saturated rings. The van der Waals surface area contributed by atoms with Gasteiger partial charge in [-0.05, 0) is 60.1 Å². The van der Waals surface area contributed by atoms with Gasteiger partial charge in [-0.2, -0.15) is 0 Å². The molecule has 1 saturated carbocycles. The van der Waals surface area contributed by atoms with Crippen LogP contribution in [0.4, 0.5) is 10.1 Å². The standard InChI is InChI=1S/C23H24FN3O/c1-23(2)11-17(12-23)21(14-3-5-15(6-4-14)22(25)28)27-19-9-16-7-8-18(24)10-20(16)26-13-19/h3-10,13,17,21,27H,11-12H2,1-2H3,(H2,25,28). The average Bonchev–Trinajstić information content (AvgIpc) is 2.64. The predicted molar refractivity (Wildman–Crippen MR) is 110 cm³/mol. The third-order valence-electron chi connectivity index (χ3n) is 5.62. The highest BCUT2D eigenvalue weighted by molar-refractivity contribution is 5.92. The van der Waals surface area contributed by atoms with Crippen molar-refractivity contribution in [1.29, 1.82) is 0 Å². The van der Waals surface area contributed by atoms with Crippen LogP contribution in [0, 0.1) is 17.2 Å². The average molecular weight is 377 g/mol. The monoisotopic (exact) mass is 377 g/mol. The highest BCUT2D eigenvalue weighted by Gasteiger charge is 2.41. The molecule has 3 aromatic rings. The third-order valence-corrected chi connectivity index (χ3v) is 5.62. The van der Waals surface area contributed by atoms with Crippen molar-refractivity contribution in [1.82, 2.24) is 4.98 Å². The van der Waals surface area contributed by atoms with E-state index in [0.717, 1.165) is 29.5 Å². The number of rotatable bonds is 5. The van der Waals surface area contributed by atoms with E-state index in [9.17, 15) is 9.18 Å². The summed E-state index contributed by atoms with van der Waals surface area (Å²) in [6.45, 7) is 4.56. The molecule has 144 valence electrons. The maximum Gasteiger partial charge on any atom is 0.248 e. The second kappa shape index (κ2) is 6.89. The molecule has 28 heavy (non-hydrogen) atoms. The van der Waals surface area contributed by atoms with Gasteiger partial charge in [0.15, 0.2) is 0 Å². The molecule has 5 heteroatoms. The van der Waals surface area contributed by atoms with Crippen molar-refractivity contribution < 1.29 is 9.18 Å². The van der Waals surface area contributed by atoms with Gasteiger partial charge in [0.05, 0.1) is 23.4 Å². The summed E-state index contributed by atoms with van der Waals surface area (Å²) in [5.74, 6) is -0.227. The Labute approximate surface area is 164 Å². The van der Waals surface area contributed by atoms with Gasteiger partial charge in [0.2, 0.25) is 5.91 Å². The summed E-state index contributed by atoms with van der Waals surface area (Å²) in [5, 5.41) is 4.51. The van der Waals surface area contributed by atoms with E-state index in [0.29, 0.717) is 22.4 Å². The molecular formula is C23H24FN3O. The van der Waals surface area contributed by atoms with Crippen LogP contribution in [0.5, 0.6) is 0 Å². The van der Waals surface area contributed by atoms with E-state index in [2.05, 4.69) is 24.1 Å². The number of nitrogens with one attached hydrogen (secondary N) is 1. The van der Waals surface area contributed by atoms with Gasteiger partial charge in [0.25, 0.3) is 0 Å². The quantitative estimate of drug-likeness (QED) is 0.653. The van der Waals surface area contributed by atoms with Crippen LogP contribution in [0.15, 0.2) is 54.7 Å². The molecule has 0 saturated heterocycles. The van der Waals surface area contributed by atoms with Gasteiger partial charge >= 0.3 is 0 Å². The van der Waals surface area contributed by atoms with Crippen molar-refractivity contribution in [3.63, 3.8) is 0 Å². The Hall–Kier alpha value is -2.95. The molecule has 1 aliphatic carbocycles. The molecule has 0 spiro atoms. The van der Waals surface area contributed by atoms with Crippen LogP contribution in [0.2, 0.25) is 0 Å². The summed E-state index contributed by atoms with van der Waals surface area (Å²) in [7, 11) is 0. The number of carbonyl (C=O) groups is 1. The van der Waals surface area contributed by atoms with Crippen LogP contribution in [0.1, 0.15) is 48.7 Å². The first-order chi connectivity index (χ1) is 13.3. The van der Waals surface area contributed by atoms with Gasteiger partial charge in [-0.3, -0.25) is 9.78 Å². The number of halogens is 1. The molecule has 0 aliphatic heterocycles. The number of carbonyl (C=O) groups excluding carboxylic acids is 1. The van der Waals surface area contributed by atoms with Crippen LogP contribution >= 0.6 is 0 Å². The molecule has 1 unspecified atom stereocenters. The zero-order valence-corrected chi connectivity index (χ0v) is 16.1. The number of nitrogens with zero attached hydrogens (tertiary/aromatic N) is 1. The van der Waals surface area contributed by atoms with E-state index >= 15 is 0 Å². The van der Waals surface area contributed by atoms with Gasteiger partial charge < -0.3 is 11.1 Å². The Bertz CT molecular complexity index is 1020. The summed E-state index contributed by atoms with van der Waals surface area (Å²) in [6.07, 6.45) is 3.99. The van der Waals surface area contributed by atoms with Crippen LogP contribution in [-0.4, -0.2) is 10.9 Å². The summed E-state index contributed by atoms with van der Waals surface area (Å²) in [4.78, 5) is 15.8. The fraction of sp³-hybridized carbons (Fsp3) is 0.304. The number of aromatic nitrogens is 1. The molecule has 1 heterocycles. The first kappa shape index (κ1) is 18.4. The first-order valence-corrected chi connectivity index (χ1v) is 9.52. The molecule has 1 aromatic heterocycles. The smallest absolute Gasteiger partial charge is 0.248 e. The molecule has 0 bridgehead atoms. The Morgan fingerprint density at radius 2 is 1.89 bits per heavy atom. The molecule has 4 rings (SSSR count). The van der Waals surface area contributed by atoms with Crippen molar-refractivity contribution in [3.05, 3.63) is 71.7 Å². The minimum Gasteiger partial charge on any atom is -0.377 e. The van der Waals surface area contributed by atoms with Gasteiger partial charge in [-0.15, -0.1) is 0 Å². The topological polar surface area (TPSA) is 68.0 Å². The Morgan fingerprint density at radius 3 is 2.54 bits per heavy atom. The Kier molecular flexibility index (Phi) is 4.53. The van der Waals surface area contributed by atoms with Gasteiger partial charge in [0.1, 0.15) is 5.82 Å².